The SMILES string of the molecule is Nc1ncnc2c1ncn2[C@@H]1O[C@@](CO)(CF)[C@@H](O)[C@H]1F. The molecule has 2 aromatic rings. The normalized spacial score (nSPS) is 32.9. The first-order valence-corrected chi connectivity index (χ1v) is 6.14. The fourth-order valence-corrected chi connectivity index (χ4v) is 2.37. The van der Waals surface area contributed by atoms with E-state index in [0.29, 0.717) is 0 Å². The lowest BCUT2D eigenvalue weighted by Gasteiger charge is -2.25. The van der Waals surface area contributed by atoms with E-state index >= 15 is 0 Å². The second-order valence-corrected chi connectivity index (χ2v) is 4.84. The van der Waals surface area contributed by atoms with Gasteiger partial charge in [0.2, 0.25) is 0 Å². The number of aliphatic hydroxyl groups excluding tert-OH is 2. The molecular formula is C11H13F2N5O3. The lowest BCUT2D eigenvalue weighted by Crippen LogP contribution is -2.47. The van der Waals surface area contributed by atoms with Gasteiger partial charge in [0.15, 0.2) is 29.5 Å². The number of aromatic nitrogens is 4. The third-order valence-electron chi connectivity index (χ3n) is 3.62. The van der Waals surface area contributed by atoms with Crippen LogP contribution in [-0.2, 0) is 4.74 Å². The molecule has 1 saturated heterocycles. The molecule has 1 aliphatic rings. The lowest BCUT2D eigenvalue weighted by molar-refractivity contribution is -0.136. The van der Waals surface area contributed by atoms with Gasteiger partial charge in [0, 0.05) is 0 Å². The van der Waals surface area contributed by atoms with Crippen molar-refractivity contribution in [3.63, 3.8) is 0 Å². The lowest BCUT2D eigenvalue weighted by atomic mass is 9.98. The molecule has 0 bridgehead atoms. The second kappa shape index (κ2) is 4.83. The molecule has 0 aromatic carbocycles. The van der Waals surface area contributed by atoms with Gasteiger partial charge in [0.05, 0.1) is 12.9 Å². The van der Waals surface area contributed by atoms with Gasteiger partial charge in [-0.25, -0.2) is 23.7 Å². The third kappa shape index (κ3) is 1.87. The van der Waals surface area contributed by atoms with Crippen molar-refractivity contribution in [3.8, 4) is 0 Å². The minimum atomic E-state index is -2.00. The Morgan fingerprint density at radius 3 is 2.81 bits per heavy atom. The van der Waals surface area contributed by atoms with Gasteiger partial charge in [-0.15, -0.1) is 0 Å². The molecule has 114 valence electrons. The van der Waals surface area contributed by atoms with Gasteiger partial charge in [-0.3, -0.25) is 4.57 Å². The molecular weight excluding hydrogens is 288 g/mol. The van der Waals surface area contributed by atoms with E-state index in [4.69, 9.17) is 10.5 Å². The van der Waals surface area contributed by atoms with Crippen molar-refractivity contribution in [2.75, 3.05) is 19.0 Å². The number of nitrogens with zero attached hydrogens (tertiary/aromatic N) is 4. The molecule has 0 radical (unpaired) electrons. The molecule has 1 fully saturated rings. The zero-order valence-electron chi connectivity index (χ0n) is 10.7. The van der Waals surface area contributed by atoms with Crippen LogP contribution < -0.4 is 5.73 Å². The molecule has 3 heterocycles. The van der Waals surface area contributed by atoms with Crippen molar-refractivity contribution in [3.05, 3.63) is 12.7 Å². The summed E-state index contributed by atoms with van der Waals surface area (Å²) in [6, 6.07) is 0. The smallest absolute Gasteiger partial charge is 0.174 e. The molecule has 4 N–H and O–H groups in total. The Hall–Kier alpha value is -1.91. The van der Waals surface area contributed by atoms with Crippen LogP contribution in [0.25, 0.3) is 11.2 Å². The predicted molar refractivity (Wildman–Crippen MR) is 66.6 cm³/mol. The highest BCUT2D eigenvalue weighted by atomic mass is 19.1. The number of nitrogen functional groups attached to an aromatic ring is 1. The predicted octanol–water partition coefficient (Wildman–Crippen LogP) is -0.663. The van der Waals surface area contributed by atoms with Crippen molar-refractivity contribution in [1.29, 1.82) is 0 Å². The Kier molecular flexibility index (Phi) is 3.23. The van der Waals surface area contributed by atoms with E-state index < -0.39 is 37.4 Å². The van der Waals surface area contributed by atoms with Gasteiger partial charge in [0.25, 0.3) is 0 Å². The summed E-state index contributed by atoms with van der Waals surface area (Å²) < 4.78 is 33.8. The van der Waals surface area contributed by atoms with E-state index in [1.165, 1.54) is 17.2 Å². The first kappa shape index (κ1) is 14.0. The summed E-state index contributed by atoms with van der Waals surface area (Å²) in [5.41, 5.74) is 4.05. The molecule has 21 heavy (non-hydrogen) atoms. The minimum absolute atomic E-state index is 0.103. The van der Waals surface area contributed by atoms with E-state index in [9.17, 15) is 19.0 Å². The molecule has 4 atom stereocenters. The van der Waals surface area contributed by atoms with Crippen LogP contribution in [0.1, 0.15) is 6.23 Å². The van der Waals surface area contributed by atoms with Crippen molar-refractivity contribution >= 4 is 17.0 Å². The zero-order valence-corrected chi connectivity index (χ0v) is 10.7. The Morgan fingerprint density at radius 2 is 2.19 bits per heavy atom. The Balaban J connectivity index is 2.06. The number of hydrogen-bond donors (Lipinski definition) is 3. The topological polar surface area (TPSA) is 119 Å². The van der Waals surface area contributed by atoms with Gasteiger partial charge in [-0.1, -0.05) is 0 Å². The quantitative estimate of drug-likeness (QED) is 0.688. The zero-order chi connectivity index (χ0) is 15.2. The number of fused-ring (bicyclic) bond motifs is 1. The highest BCUT2D eigenvalue weighted by Crippen LogP contribution is 2.40. The van der Waals surface area contributed by atoms with Gasteiger partial charge in [-0.2, -0.15) is 0 Å². The number of halogens is 2. The van der Waals surface area contributed by atoms with Crippen molar-refractivity contribution < 1.29 is 23.7 Å². The van der Waals surface area contributed by atoms with Crippen LogP contribution in [0.15, 0.2) is 12.7 Å². The summed E-state index contributed by atoms with van der Waals surface area (Å²) in [6.45, 7) is -2.09. The Bertz CT molecular complexity index is 662. The first-order chi connectivity index (χ1) is 10.0. The highest BCUT2D eigenvalue weighted by molar-refractivity contribution is 5.81. The summed E-state index contributed by atoms with van der Waals surface area (Å²) >= 11 is 0. The van der Waals surface area contributed by atoms with Crippen LogP contribution in [0, 0.1) is 0 Å². The van der Waals surface area contributed by atoms with E-state index in [1.807, 2.05) is 0 Å². The van der Waals surface area contributed by atoms with Crippen molar-refractivity contribution in [2.45, 2.75) is 24.1 Å². The summed E-state index contributed by atoms with van der Waals surface area (Å²) in [5, 5.41) is 19.0. The standard InChI is InChI=1S/C11H13F2N5O3/c12-1-11(2-19)7(20)5(13)10(21-11)18-4-17-6-8(14)15-3-16-9(6)18/h3-5,7,10,19-20H,1-2H2,(H2,14,15,16)/t5-,7+,10-,11-/m1/s1. The molecule has 8 nitrogen and oxygen atoms in total. The molecule has 3 rings (SSSR count). The minimum Gasteiger partial charge on any atom is -0.393 e. The number of anilines is 1. The first-order valence-electron chi connectivity index (χ1n) is 6.14. The van der Waals surface area contributed by atoms with Crippen LogP contribution in [0.5, 0.6) is 0 Å². The summed E-state index contributed by atoms with van der Waals surface area (Å²) in [6.07, 6.45) is -2.76. The Morgan fingerprint density at radius 1 is 1.43 bits per heavy atom. The molecule has 1 aliphatic heterocycles. The number of alkyl halides is 2. The number of aliphatic hydroxyl groups is 2. The van der Waals surface area contributed by atoms with Crippen LogP contribution in [0.3, 0.4) is 0 Å². The molecule has 0 spiro atoms. The van der Waals surface area contributed by atoms with Crippen molar-refractivity contribution in [2.24, 2.45) is 0 Å². The Labute approximate surface area is 117 Å². The van der Waals surface area contributed by atoms with E-state index in [1.54, 1.807) is 0 Å². The monoisotopic (exact) mass is 301 g/mol. The molecule has 0 saturated carbocycles. The van der Waals surface area contributed by atoms with Gasteiger partial charge in [-0.05, 0) is 0 Å². The maximum atomic E-state index is 14.3. The number of imidazole rings is 1. The maximum absolute atomic E-state index is 14.3. The summed E-state index contributed by atoms with van der Waals surface area (Å²) in [5.74, 6) is 0.103. The number of nitrogens with two attached hydrogens (primary N) is 1. The van der Waals surface area contributed by atoms with Crippen LogP contribution in [-0.4, -0.2) is 60.9 Å². The average molecular weight is 301 g/mol. The van der Waals surface area contributed by atoms with E-state index in [0.717, 1.165) is 0 Å². The number of rotatable bonds is 3. The summed E-state index contributed by atoms with van der Waals surface area (Å²) in [7, 11) is 0. The van der Waals surface area contributed by atoms with E-state index in [2.05, 4.69) is 15.0 Å². The molecule has 0 unspecified atom stereocenters. The van der Waals surface area contributed by atoms with Gasteiger partial charge in [0.1, 0.15) is 24.6 Å². The fourth-order valence-electron chi connectivity index (χ4n) is 2.37. The largest absolute Gasteiger partial charge is 0.393 e. The fraction of sp³-hybridized carbons (Fsp3) is 0.545. The van der Waals surface area contributed by atoms with Gasteiger partial charge >= 0.3 is 0 Å². The summed E-state index contributed by atoms with van der Waals surface area (Å²) in [4.78, 5) is 11.6. The van der Waals surface area contributed by atoms with E-state index in [-0.39, 0.29) is 17.0 Å². The van der Waals surface area contributed by atoms with Crippen LogP contribution in [0.2, 0.25) is 0 Å². The van der Waals surface area contributed by atoms with Crippen LogP contribution >= 0.6 is 0 Å². The molecule has 10 heteroatoms. The second-order valence-electron chi connectivity index (χ2n) is 4.84. The molecule has 2 aromatic heterocycles. The highest BCUT2D eigenvalue weighted by Gasteiger charge is 2.56. The number of hydrogen-bond acceptors (Lipinski definition) is 7. The van der Waals surface area contributed by atoms with Crippen LogP contribution in [0.4, 0.5) is 14.6 Å². The van der Waals surface area contributed by atoms with Crippen molar-refractivity contribution in [1.82, 2.24) is 19.5 Å². The molecule has 0 amide bonds. The average Bonchev–Trinajstić information content (AvgIpc) is 3.02. The maximum Gasteiger partial charge on any atom is 0.174 e. The van der Waals surface area contributed by atoms with Gasteiger partial charge < -0.3 is 20.7 Å². The molecule has 0 aliphatic carbocycles. The third-order valence-corrected chi connectivity index (χ3v) is 3.62. The number of ether oxygens (including phenoxy) is 1.